The van der Waals surface area contributed by atoms with E-state index in [1.165, 1.54) is 6.20 Å². The van der Waals surface area contributed by atoms with Gasteiger partial charge in [0.15, 0.2) is 12.0 Å². The van der Waals surface area contributed by atoms with Gasteiger partial charge in [-0.05, 0) is 25.0 Å². The third-order valence-corrected chi connectivity index (χ3v) is 7.59. The molecule has 0 aliphatic carbocycles. The lowest BCUT2D eigenvalue weighted by Gasteiger charge is -2.24. The van der Waals surface area contributed by atoms with E-state index < -0.39 is 70.9 Å². The van der Waals surface area contributed by atoms with Gasteiger partial charge >= 0.3 is 22.1 Å². The summed E-state index contributed by atoms with van der Waals surface area (Å²) >= 11 is 0. The van der Waals surface area contributed by atoms with Gasteiger partial charge in [0.2, 0.25) is 6.29 Å². The average molecular weight is 648 g/mol. The van der Waals surface area contributed by atoms with Crippen molar-refractivity contribution in [2.45, 2.75) is 63.7 Å². The maximum atomic E-state index is 12.7. The number of nitrogens with zero attached hydrogens (tertiary/aromatic N) is 1. The summed E-state index contributed by atoms with van der Waals surface area (Å²) in [5, 5.41) is 0. The van der Waals surface area contributed by atoms with Gasteiger partial charge in [0.25, 0.3) is 5.56 Å². The first-order chi connectivity index (χ1) is 21.5. The minimum absolute atomic E-state index is 0.0658. The monoisotopic (exact) mass is 647 g/mol. The number of nitrogens with one attached hydrogen (secondary N) is 2. The van der Waals surface area contributed by atoms with Gasteiger partial charge in [-0.15, -0.1) is 0 Å². The molecule has 15 nitrogen and oxygen atoms in total. The molecular formula is C29H33N3O12S. The Morgan fingerprint density at radius 2 is 1.62 bits per heavy atom. The largest absolute Gasteiger partial charge is 0.425 e. The van der Waals surface area contributed by atoms with Crippen molar-refractivity contribution < 1.29 is 45.8 Å². The molecule has 2 aliphatic heterocycles. The molecule has 45 heavy (non-hydrogen) atoms. The fraction of sp³-hybridized carbons (Fsp3) is 0.414. The fourth-order valence-electron chi connectivity index (χ4n) is 4.80. The number of carbonyl (C=O) groups excluding carboxylic acids is 1. The smallest absolute Gasteiger partial charge is 0.416 e. The molecule has 5 rings (SSSR count). The van der Waals surface area contributed by atoms with E-state index in [0.717, 1.165) is 21.8 Å². The Balaban J connectivity index is 1.18. The number of benzene rings is 2. The van der Waals surface area contributed by atoms with E-state index in [9.17, 15) is 22.8 Å². The topological polar surface area (TPSA) is 183 Å². The van der Waals surface area contributed by atoms with E-state index in [4.69, 9.17) is 32.6 Å². The van der Waals surface area contributed by atoms with Gasteiger partial charge in [-0.1, -0.05) is 60.7 Å². The number of hydrogen-bond acceptors (Lipinski definition) is 12. The van der Waals surface area contributed by atoms with Crippen LogP contribution in [0.2, 0.25) is 0 Å². The van der Waals surface area contributed by atoms with Crippen LogP contribution in [-0.2, 0) is 56.1 Å². The number of carbonyl (C=O) groups is 1. The Bertz CT molecular complexity index is 1660. The van der Waals surface area contributed by atoms with E-state index in [-0.39, 0.29) is 19.8 Å². The van der Waals surface area contributed by atoms with E-state index >= 15 is 0 Å². The Kier molecular flexibility index (Phi) is 10.1. The summed E-state index contributed by atoms with van der Waals surface area (Å²) in [6.07, 6.45) is -5.17. The summed E-state index contributed by atoms with van der Waals surface area (Å²) in [7, 11) is -4.71. The van der Waals surface area contributed by atoms with Crippen LogP contribution < -0.4 is 16.0 Å². The summed E-state index contributed by atoms with van der Waals surface area (Å²) in [6.45, 7) is 2.76. The van der Waals surface area contributed by atoms with Crippen molar-refractivity contribution in [3.8, 4) is 0 Å². The summed E-state index contributed by atoms with van der Waals surface area (Å²) in [6, 6.07) is 19.5. The van der Waals surface area contributed by atoms with Crippen molar-refractivity contribution in [2.75, 3.05) is 13.2 Å². The second-order valence-corrected chi connectivity index (χ2v) is 12.0. The number of hydrogen-bond donors (Lipinski definition) is 2. The number of H-pyrrole nitrogens is 1. The van der Waals surface area contributed by atoms with Crippen LogP contribution in [0.25, 0.3) is 0 Å². The highest BCUT2D eigenvalue weighted by Crippen LogP contribution is 2.42. The van der Waals surface area contributed by atoms with Crippen molar-refractivity contribution in [1.82, 2.24) is 14.3 Å². The molecule has 2 saturated heterocycles. The molecule has 3 unspecified atom stereocenters. The maximum Gasteiger partial charge on any atom is 0.425 e. The number of ether oxygens (including phenoxy) is 6. The summed E-state index contributed by atoms with van der Waals surface area (Å²) in [4.78, 5) is 38.7. The second kappa shape index (κ2) is 14.0. The van der Waals surface area contributed by atoms with Crippen LogP contribution in [0.1, 0.15) is 31.2 Å². The first-order valence-electron chi connectivity index (χ1n) is 14.0. The summed E-state index contributed by atoms with van der Waals surface area (Å²) in [5.41, 5.74) is 0.317. The zero-order chi connectivity index (χ0) is 32.0. The van der Waals surface area contributed by atoms with Crippen molar-refractivity contribution in [3.05, 3.63) is 105 Å². The zero-order valence-corrected chi connectivity index (χ0v) is 25.2. The predicted octanol–water partition coefficient (Wildman–Crippen LogP) is 1.70. The highest BCUT2D eigenvalue weighted by molar-refractivity contribution is 7.85. The molecule has 3 heterocycles. The minimum atomic E-state index is -4.71. The number of fused-ring (bicyclic) bond motifs is 1. The molecule has 16 heteroatoms. The van der Waals surface area contributed by atoms with E-state index in [2.05, 4.69) is 4.98 Å². The Morgan fingerprint density at radius 3 is 2.29 bits per heavy atom. The van der Waals surface area contributed by atoms with Crippen molar-refractivity contribution in [1.29, 1.82) is 0 Å². The van der Waals surface area contributed by atoms with E-state index in [1.54, 1.807) is 18.6 Å². The lowest BCUT2D eigenvalue weighted by atomic mass is 10.1. The van der Waals surface area contributed by atoms with Gasteiger partial charge in [-0.3, -0.25) is 18.5 Å². The Hall–Kier alpha value is -3.90. The predicted molar refractivity (Wildman–Crippen MR) is 155 cm³/mol. The van der Waals surface area contributed by atoms with Gasteiger partial charge in [0.05, 0.1) is 19.8 Å². The lowest BCUT2D eigenvalue weighted by molar-refractivity contribution is -0.199. The molecule has 0 saturated carbocycles. The summed E-state index contributed by atoms with van der Waals surface area (Å²) < 4.78 is 67.4. The zero-order valence-electron chi connectivity index (χ0n) is 24.4. The van der Waals surface area contributed by atoms with E-state index in [1.807, 2.05) is 60.7 Å². The molecule has 2 N–H and O–H groups in total. The molecule has 242 valence electrons. The number of aromatic amines is 1. The number of aromatic nitrogens is 2. The quantitative estimate of drug-likeness (QED) is 0.257. The lowest BCUT2D eigenvalue weighted by Crippen LogP contribution is -2.39. The van der Waals surface area contributed by atoms with Crippen molar-refractivity contribution in [2.24, 2.45) is 0 Å². The van der Waals surface area contributed by atoms with Gasteiger partial charge in [-0.25, -0.2) is 9.59 Å². The summed E-state index contributed by atoms with van der Waals surface area (Å²) in [5.74, 6) is -1.08. The highest BCUT2D eigenvalue weighted by Gasteiger charge is 2.56. The molecule has 2 fully saturated rings. The van der Waals surface area contributed by atoms with Gasteiger partial charge in [0.1, 0.15) is 24.9 Å². The third kappa shape index (κ3) is 8.85. The van der Waals surface area contributed by atoms with Crippen LogP contribution in [0.5, 0.6) is 0 Å². The third-order valence-electron chi connectivity index (χ3n) is 6.73. The van der Waals surface area contributed by atoms with Gasteiger partial charge in [-0.2, -0.15) is 13.1 Å². The SMILES string of the molecule is CC1(C)OC2C(O1)[C@@H](COS(=O)(=O)NC(=O)OC(COCc1ccccc1)OCc1ccccc1)O[C@H]2n1ccc(=O)[nH]c1=O. The molecule has 2 aromatic carbocycles. The van der Waals surface area contributed by atoms with Gasteiger partial charge in [0, 0.05) is 12.3 Å². The van der Waals surface area contributed by atoms with Crippen LogP contribution in [0.4, 0.5) is 4.79 Å². The van der Waals surface area contributed by atoms with E-state index in [0.29, 0.717) is 0 Å². The highest BCUT2D eigenvalue weighted by atomic mass is 32.2. The average Bonchev–Trinajstić information content (AvgIpc) is 3.48. The fourth-order valence-corrected chi connectivity index (χ4v) is 5.43. The molecule has 0 bridgehead atoms. The first-order valence-corrected chi connectivity index (χ1v) is 15.4. The van der Waals surface area contributed by atoms with Crippen molar-refractivity contribution in [3.63, 3.8) is 0 Å². The molecule has 5 atom stereocenters. The Morgan fingerprint density at radius 1 is 0.978 bits per heavy atom. The molecule has 0 spiro atoms. The van der Waals surface area contributed by atoms with Gasteiger partial charge < -0.3 is 28.4 Å². The standard InChI is InChI=1S/C29H33N3O12S/c1-29(2)43-24-21(41-26(25(24)44-29)32-14-13-22(33)30-27(32)34)17-40-45(36,37)31-28(35)42-23(39-16-20-11-7-4-8-12-20)18-38-15-19-9-5-3-6-10-19/h3-14,21,23-26H,15-18H2,1-2H3,(H,31,35)(H,30,33,34)/t21-,23?,24?,25?,26-/m1/s1. The number of amides is 1. The normalized spacial score (nSPS) is 22.9. The van der Waals surface area contributed by atoms with Crippen LogP contribution in [0, 0.1) is 0 Å². The van der Waals surface area contributed by atoms with Crippen molar-refractivity contribution >= 4 is 16.4 Å². The minimum Gasteiger partial charge on any atom is -0.416 e. The van der Waals surface area contributed by atoms with Crippen LogP contribution in [0.3, 0.4) is 0 Å². The molecule has 1 aromatic heterocycles. The molecule has 2 aliphatic rings. The molecule has 1 amide bonds. The maximum absolute atomic E-state index is 12.7. The molecule has 0 radical (unpaired) electrons. The number of rotatable bonds is 13. The molecular weight excluding hydrogens is 614 g/mol. The van der Waals surface area contributed by atoms with Crippen LogP contribution in [-0.4, -0.2) is 67.7 Å². The van der Waals surface area contributed by atoms with Crippen LogP contribution in [0.15, 0.2) is 82.5 Å². The van der Waals surface area contributed by atoms with Crippen LogP contribution >= 0.6 is 0 Å². The molecule has 3 aromatic rings. The second-order valence-electron chi connectivity index (χ2n) is 10.6. The first kappa shape index (κ1) is 32.5. The Labute approximate surface area is 258 Å².